The van der Waals surface area contributed by atoms with E-state index < -0.39 is 0 Å². The van der Waals surface area contributed by atoms with Crippen molar-refractivity contribution in [2.75, 3.05) is 5.32 Å². The minimum Gasteiger partial charge on any atom is -0.454 e. The molecule has 0 radical (unpaired) electrons. The molecule has 3 aromatic carbocycles. The predicted octanol–water partition coefficient (Wildman–Crippen LogP) is 7.63. The lowest BCUT2D eigenvalue weighted by molar-refractivity contribution is 0.102. The second kappa shape index (κ2) is 8.93. The Kier molecular flexibility index (Phi) is 5.68. The highest BCUT2D eigenvalue weighted by atomic mass is 35.5. The fourth-order valence-corrected chi connectivity index (χ4v) is 4.14. The molecule has 2 heterocycles. The van der Waals surface area contributed by atoms with Gasteiger partial charge in [0.05, 0.1) is 16.1 Å². The third-order valence-electron chi connectivity index (χ3n) is 5.61. The van der Waals surface area contributed by atoms with Crippen molar-refractivity contribution in [2.45, 2.75) is 13.3 Å². The van der Waals surface area contributed by atoms with Gasteiger partial charge in [0, 0.05) is 16.6 Å². The summed E-state index contributed by atoms with van der Waals surface area (Å²) in [5.74, 6) is 1.03. The number of pyridine rings is 1. The molecular formula is C28H21ClN2O2. The minimum absolute atomic E-state index is 0.186. The van der Waals surface area contributed by atoms with Gasteiger partial charge in [-0.3, -0.25) is 4.79 Å². The molecule has 0 bridgehead atoms. The first-order chi connectivity index (χ1) is 16.1. The van der Waals surface area contributed by atoms with Gasteiger partial charge in [-0.05, 0) is 54.4 Å². The van der Waals surface area contributed by atoms with Crippen molar-refractivity contribution < 1.29 is 9.21 Å². The van der Waals surface area contributed by atoms with E-state index in [0.29, 0.717) is 27.8 Å². The maximum Gasteiger partial charge on any atom is 0.256 e. The lowest BCUT2D eigenvalue weighted by Crippen LogP contribution is -2.14. The van der Waals surface area contributed by atoms with Crippen LogP contribution in [0.3, 0.4) is 0 Å². The summed E-state index contributed by atoms with van der Waals surface area (Å²) in [6.45, 7) is 2.07. The largest absolute Gasteiger partial charge is 0.454 e. The van der Waals surface area contributed by atoms with Gasteiger partial charge in [0.1, 0.15) is 11.5 Å². The first-order valence-electron chi connectivity index (χ1n) is 10.8. The van der Waals surface area contributed by atoms with Gasteiger partial charge in [0.2, 0.25) is 0 Å². The molecule has 1 N–H and O–H groups in total. The Balaban J connectivity index is 1.57. The number of aryl methyl sites for hydroxylation is 1. The molecule has 2 aromatic heterocycles. The van der Waals surface area contributed by atoms with E-state index in [2.05, 4.69) is 12.2 Å². The van der Waals surface area contributed by atoms with Crippen LogP contribution < -0.4 is 5.32 Å². The van der Waals surface area contributed by atoms with E-state index in [1.165, 1.54) is 0 Å². The Morgan fingerprint density at radius 2 is 1.64 bits per heavy atom. The van der Waals surface area contributed by atoms with Crippen molar-refractivity contribution in [3.05, 3.63) is 107 Å². The SMILES string of the molecule is CCc1ccccc1NC(=O)c1cc(-c2ccc(-c3ccccc3Cl)o2)nc2ccccc12. The fraction of sp³-hybridized carbons (Fsp3) is 0.0714. The quantitative estimate of drug-likeness (QED) is 0.298. The molecule has 4 nitrogen and oxygen atoms in total. The van der Waals surface area contributed by atoms with Crippen molar-refractivity contribution >= 4 is 34.1 Å². The molecule has 0 atom stereocenters. The number of aromatic nitrogens is 1. The zero-order valence-corrected chi connectivity index (χ0v) is 18.8. The number of carbonyl (C=O) groups is 1. The zero-order valence-electron chi connectivity index (χ0n) is 18.0. The number of furan rings is 1. The summed E-state index contributed by atoms with van der Waals surface area (Å²) in [5, 5.41) is 4.47. The van der Waals surface area contributed by atoms with E-state index in [4.69, 9.17) is 21.0 Å². The lowest BCUT2D eigenvalue weighted by atomic mass is 10.1. The average molecular weight is 453 g/mol. The van der Waals surface area contributed by atoms with Crippen LogP contribution in [0.15, 0.2) is 95.4 Å². The van der Waals surface area contributed by atoms with Gasteiger partial charge >= 0.3 is 0 Å². The molecule has 5 rings (SSSR count). The maximum atomic E-state index is 13.4. The van der Waals surface area contributed by atoms with Crippen LogP contribution >= 0.6 is 11.6 Å². The monoisotopic (exact) mass is 452 g/mol. The van der Waals surface area contributed by atoms with Crippen LogP contribution in [-0.4, -0.2) is 10.9 Å². The van der Waals surface area contributed by atoms with E-state index in [1.54, 1.807) is 6.07 Å². The zero-order chi connectivity index (χ0) is 22.8. The number of benzene rings is 3. The van der Waals surface area contributed by atoms with Crippen molar-refractivity contribution in [2.24, 2.45) is 0 Å². The van der Waals surface area contributed by atoms with Gasteiger partial charge in [0.25, 0.3) is 5.91 Å². The normalized spacial score (nSPS) is 11.0. The van der Waals surface area contributed by atoms with Gasteiger partial charge < -0.3 is 9.73 Å². The molecule has 5 aromatic rings. The lowest BCUT2D eigenvalue weighted by Gasteiger charge is -2.12. The molecule has 0 aliphatic rings. The third-order valence-corrected chi connectivity index (χ3v) is 5.93. The van der Waals surface area contributed by atoms with E-state index in [0.717, 1.165) is 34.1 Å². The second-order valence-corrected chi connectivity index (χ2v) is 8.09. The maximum absolute atomic E-state index is 13.4. The Labute approximate surface area is 196 Å². The van der Waals surface area contributed by atoms with Crippen LogP contribution in [0.25, 0.3) is 33.7 Å². The van der Waals surface area contributed by atoms with Crippen molar-refractivity contribution in [1.29, 1.82) is 0 Å². The van der Waals surface area contributed by atoms with Crippen LogP contribution in [0.5, 0.6) is 0 Å². The summed E-state index contributed by atoms with van der Waals surface area (Å²) in [6, 6.07) is 28.5. The number of halogens is 1. The van der Waals surface area contributed by atoms with E-state index >= 15 is 0 Å². The van der Waals surface area contributed by atoms with E-state index in [-0.39, 0.29) is 5.91 Å². The van der Waals surface area contributed by atoms with Crippen LogP contribution in [0.4, 0.5) is 5.69 Å². The predicted molar refractivity (Wildman–Crippen MR) is 134 cm³/mol. The van der Waals surface area contributed by atoms with Crippen molar-refractivity contribution in [1.82, 2.24) is 4.98 Å². The number of nitrogens with one attached hydrogen (secondary N) is 1. The van der Waals surface area contributed by atoms with Crippen LogP contribution in [-0.2, 0) is 6.42 Å². The van der Waals surface area contributed by atoms with Gasteiger partial charge in [-0.15, -0.1) is 0 Å². The van der Waals surface area contributed by atoms with Gasteiger partial charge in [0.15, 0.2) is 5.76 Å². The van der Waals surface area contributed by atoms with Gasteiger partial charge in [-0.25, -0.2) is 4.98 Å². The standard InChI is InChI=1S/C28H21ClN2O2/c1-2-18-9-3-7-13-23(18)31-28(32)21-17-25(30-24-14-8-5-10-19(21)24)27-16-15-26(33-27)20-11-4-6-12-22(20)29/h3-17H,2H2,1H3,(H,31,32). The number of nitrogens with zero attached hydrogens (tertiary/aromatic N) is 1. The molecular weight excluding hydrogens is 432 g/mol. The van der Waals surface area contributed by atoms with Gasteiger partial charge in [-0.1, -0.05) is 67.1 Å². The summed E-state index contributed by atoms with van der Waals surface area (Å²) in [6.07, 6.45) is 0.829. The molecule has 0 spiro atoms. The fourth-order valence-electron chi connectivity index (χ4n) is 3.91. The van der Waals surface area contributed by atoms with Crippen LogP contribution in [0, 0.1) is 0 Å². The summed E-state index contributed by atoms with van der Waals surface area (Å²) < 4.78 is 6.10. The summed E-state index contributed by atoms with van der Waals surface area (Å²) in [5.41, 5.74) is 4.55. The summed E-state index contributed by atoms with van der Waals surface area (Å²) >= 11 is 6.33. The first kappa shape index (κ1) is 21.0. The molecule has 33 heavy (non-hydrogen) atoms. The molecule has 1 amide bonds. The minimum atomic E-state index is -0.186. The van der Waals surface area contributed by atoms with Crippen molar-refractivity contribution in [3.63, 3.8) is 0 Å². The van der Waals surface area contributed by atoms with E-state index in [1.807, 2.05) is 84.9 Å². The highest BCUT2D eigenvalue weighted by Gasteiger charge is 2.17. The Hall–Kier alpha value is -3.89. The number of anilines is 1. The first-order valence-corrected chi connectivity index (χ1v) is 11.2. The second-order valence-electron chi connectivity index (χ2n) is 7.68. The van der Waals surface area contributed by atoms with Crippen LogP contribution in [0.1, 0.15) is 22.8 Å². The number of hydrogen-bond acceptors (Lipinski definition) is 3. The Morgan fingerprint density at radius 3 is 2.48 bits per heavy atom. The summed E-state index contributed by atoms with van der Waals surface area (Å²) in [7, 11) is 0. The average Bonchev–Trinajstić information content (AvgIpc) is 3.34. The van der Waals surface area contributed by atoms with Crippen molar-refractivity contribution in [3.8, 4) is 22.8 Å². The van der Waals surface area contributed by atoms with Crippen LogP contribution in [0.2, 0.25) is 5.02 Å². The number of fused-ring (bicyclic) bond motifs is 1. The number of hydrogen-bond donors (Lipinski definition) is 1. The molecule has 0 aliphatic heterocycles. The number of carbonyl (C=O) groups excluding carboxylic acids is 1. The molecule has 0 saturated heterocycles. The number of para-hydroxylation sites is 2. The number of rotatable bonds is 5. The topological polar surface area (TPSA) is 55.1 Å². The molecule has 0 saturated carbocycles. The Bertz CT molecular complexity index is 1470. The molecule has 162 valence electrons. The molecule has 0 fully saturated rings. The smallest absolute Gasteiger partial charge is 0.256 e. The third kappa shape index (κ3) is 4.13. The number of amides is 1. The van der Waals surface area contributed by atoms with Gasteiger partial charge in [-0.2, -0.15) is 0 Å². The molecule has 5 heteroatoms. The summed E-state index contributed by atoms with van der Waals surface area (Å²) in [4.78, 5) is 18.1. The highest BCUT2D eigenvalue weighted by molar-refractivity contribution is 6.33. The molecule has 0 unspecified atom stereocenters. The van der Waals surface area contributed by atoms with E-state index in [9.17, 15) is 4.79 Å². The highest BCUT2D eigenvalue weighted by Crippen LogP contribution is 2.33. The molecule has 0 aliphatic carbocycles. The Morgan fingerprint density at radius 1 is 0.909 bits per heavy atom.